The molecule has 0 spiro atoms. The first-order chi connectivity index (χ1) is 12.3. The first-order valence-corrected chi connectivity index (χ1v) is 10.8. The van der Waals surface area contributed by atoms with Gasteiger partial charge in [0.15, 0.2) is 9.47 Å². The largest absolute Gasteiger partial charge is 0.301 e. The first-order valence-electron chi connectivity index (χ1n) is 8.04. The molecule has 0 saturated heterocycles. The summed E-state index contributed by atoms with van der Waals surface area (Å²) in [7, 11) is 0. The molecular weight excluding hydrogens is 372 g/mol. The van der Waals surface area contributed by atoms with E-state index in [-0.39, 0.29) is 5.91 Å². The monoisotopic (exact) mass is 388 g/mol. The summed E-state index contributed by atoms with van der Waals surface area (Å²) in [4.78, 5) is 16.6. The van der Waals surface area contributed by atoms with E-state index in [4.69, 9.17) is 0 Å². The van der Waals surface area contributed by atoms with E-state index in [9.17, 15) is 4.79 Å². The number of aryl methyl sites for hydroxylation is 2. The van der Waals surface area contributed by atoms with Crippen LogP contribution in [0.25, 0.3) is 11.3 Å². The lowest BCUT2D eigenvalue weighted by Gasteiger charge is -2.16. The van der Waals surface area contributed by atoms with Crippen molar-refractivity contribution in [1.29, 1.82) is 0 Å². The van der Waals surface area contributed by atoms with Crippen molar-refractivity contribution in [1.82, 2.24) is 15.2 Å². The van der Waals surface area contributed by atoms with Crippen LogP contribution < -0.4 is 5.32 Å². The van der Waals surface area contributed by atoms with Gasteiger partial charge in [0.05, 0.1) is 11.4 Å². The summed E-state index contributed by atoms with van der Waals surface area (Å²) in [6.07, 6.45) is 4.88. The van der Waals surface area contributed by atoms with Crippen LogP contribution in [0.3, 0.4) is 0 Å². The van der Waals surface area contributed by atoms with E-state index in [1.54, 1.807) is 5.51 Å². The number of thioether (sulfide) groups is 1. The minimum atomic E-state index is -0.0773. The highest BCUT2D eigenvalue weighted by atomic mass is 32.2. The van der Waals surface area contributed by atoms with Crippen molar-refractivity contribution < 1.29 is 4.79 Å². The minimum Gasteiger partial charge on any atom is -0.301 e. The highest BCUT2D eigenvalue weighted by Gasteiger charge is 2.13. The molecule has 0 saturated carbocycles. The predicted octanol–water partition coefficient (Wildman–Crippen LogP) is 4.27. The van der Waals surface area contributed by atoms with Gasteiger partial charge in [-0.15, -0.1) is 21.5 Å². The number of carbonyl (C=O) groups is 1. The fourth-order valence-electron chi connectivity index (χ4n) is 2.86. The molecule has 25 heavy (non-hydrogen) atoms. The van der Waals surface area contributed by atoms with Crippen LogP contribution in [-0.4, -0.2) is 26.8 Å². The third-order valence-electron chi connectivity index (χ3n) is 4.06. The Morgan fingerprint density at radius 2 is 2.08 bits per heavy atom. The average molecular weight is 389 g/mol. The third kappa shape index (κ3) is 4.08. The van der Waals surface area contributed by atoms with Crippen molar-refractivity contribution >= 4 is 45.5 Å². The number of nitrogens with zero attached hydrogens (tertiary/aromatic N) is 3. The summed E-state index contributed by atoms with van der Waals surface area (Å²) in [6, 6.07) is 6.61. The highest BCUT2D eigenvalue weighted by molar-refractivity contribution is 8.01. The van der Waals surface area contributed by atoms with Gasteiger partial charge in [-0.05, 0) is 42.9 Å². The minimum absolute atomic E-state index is 0.0773. The molecule has 3 aromatic rings. The standard InChI is InChI=1S/C17H16N4OS3/c22-15(9-24-17-21-18-10-25-17)20-16-19-14(8-23-16)13-6-5-11-3-1-2-4-12(11)7-13/h5-8,10H,1-4,9H2,(H,19,20,22). The molecule has 0 fully saturated rings. The molecule has 2 heterocycles. The lowest BCUT2D eigenvalue weighted by Crippen LogP contribution is -2.13. The molecule has 1 aliphatic carbocycles. The number of hydrogen-bond acceptors (Lipinski definition) is 7. The fraction of sp³-hybridized carbons (Fsp3) is 0.294. The molecular formula is C17H16N4OS3. The van der Waals surface area contributed by atoms with Crippen LogP contribution >= 0.6 is 34.4 Å². The van der Waals surface area contributed by atoms with E-state index in [1.807, 2.05) is 5.38 Å². The Balaban J connectivity index is 1.40. The topological polar surface area (TPSA) is 67.8 Å². The Kier molecular flexibility index (Phi) is 5.09. The van der Waals surface area contributed by atoms with Gasteiger partial charge in [-0.3, -0.25) is 4.79 Å². The molecule has 0 bridgehead atoms. The molecule has 0 atom stereocenters. The number of rotatable bonds is 5. The number of amides is 1. The number of aromatic nitrogens is 3. The van der Waals surface area contributed by atoms with Crippen LogP contribution in [0.4, 0.5) is 5.13 Å². The highest BCUT2D eigenvalue weighted by Crippen LogP contribution is 2.29. The second kappa shape index (κ2) is 7.63. The zero-order valence-corrected chi connectivity index (χ0v) is 15.8. The van der Waals surface area contributed by atoms with Crippen LogP contribution in [0, 0.1) is 0 Å². The van der Waals surface area contributed by atoms with E-state index in [0.29, 0.717) is 10.9 Å². The number of carbonyl (C=O) groups excluding carboxylic acids is 1. The Labute approximate surface area is 157 Å². The lowest BCUT2D eigenvalue weighted by molar-refractivity contribution is -0.113. The van der Waals surface area contributed by atoms with Gasteiger partial charge in [0.1, 0.15) is 5.51 Å². The number of hydrogen-bond donors (Lipinski definition) is 1. The molecule has 4 rings (SSSR count). The molecule has 0 unspecified atom stereocenters. The van der Waals surface area contributed by atoms with Crippen LogP contribution in [0.1, 0.15) is 24.0 Å². The van der Waals surface area contributed by atoms with E-state index in [0.717, 1.165) is 22.0 Å². The van der Waals surface area contributed by atoms with Crippen molar-refractivity contribution in [2.45, 2.75) is 30.0 Å². The van der Waals surface area contributed by atoms with Crippen molar-refractivity contribution in [3.8, 4) is 11.3 Å². The third-order valence-corrected chi connectivity index (χ3v) is 6.68. The van der Waals surface area contributed by atoms with E-state index in [2.05, 4.69) is 38.7 Å². The van der Waals surface area contributed by atoms with Crippen LogP contribution in [-0.2, 0) is 17.6 Å². The van der Waals surface area contributed by atoms with Gasteiger partial charge in [0, 0.05) is 10.9 Å². The molecule has 128 valence electrons. The first kappa shape index (κ1) is 16.7. The number of benzene rings is 1. The summed E-state index contributed by atoms with van der Waals surface area (Å²) in [5.41, 5.74) is 6.61. The van der Waals surface area contributed by atoms with Gasteiger partial charge in [0.2, 0.25) is 5.91 Å². The smallest absolute Gasteiger partial charge is 0.236 e. The summed E-state index contributed by atoms with van der Waals surface area (Å²) in [6.45, 7) is 0. The number of thiazole rings is 1. The fourth-order valence-corrected chi connectivity index (χ4v) is 4.89. The molecule has 2 aromatic heterocycles. The van der Waals surface area contributed by atoms with Gasteiger partial charge in [-0.2, -0.15) is 0 Å². The van der Waals surface area contributed by atoms with Gasteiger partial charge in [-0.1, -0.05) is 35.2 Å². The van der Waals surface area contributed by atoms with E-state index >= 15 is 0 Å². The molecule has 8 heteroatoms. The Morgan fingerprint density at radius 3 is 2.92 bits per heavy atom. The Hall–Kier alpha value is -1.77. The van der Waals surface area contributed by atoms with Crippen LogP contribution in [0.2, 0.25) is 0 Å². The molecule has 1 N–H and O–H groups in total. The summed E-state index contributed by atoms with van der Waals surface area (Å²) in [5.74, 6) is 0.231. The van der Waals surface area contributed by atoms with Crippen molar-refractivity contribution in [2.75, 3.05) is 11.1 Å². The second-order valence-corrected chi connectivity index (χ2v) is 8.68. The zero-order valence-electron chi connectivity index (χ0n) is 13.4. The molecule has 1 aliphatic rings. The normalized spacial score (nSPS) is 13.4. The Bertz CT molecular complexity index is 876. The van der Waals surface area contributed by atoms with Gasteiger partial charge >= 0.3 is 0 Å². The summed E-state index contributed by atoms with van der Waals surface area (Å²) < 4.78 is 0.795. The van der Waals surface area contributed by atoms with Crippen molar-refractivity contribution in [3.05, 3.63) is 40.2 Å². The molecule has 1 aromatic carbocycles. The average Bonchev–Trinajstić information content (AvgIpc) is 3.31. The lowest BCUT2D eigenvalue weighted by atomic mass is 9.90. The maximum atomic E-state index is 12.0. The number of fused-ring (bicyclic) bond motifs is 1. The number of nitrogens with one attached hydrogen (secondary N) is 1. The molecule has 5 nitrogen and oxygen atoms in total. The summed E-state index contributed by atoms with van der Waals surface area (Å²) >= 11 is 4.27. The molecule has 0 radical (unpaired) electrons. The molecule has 0 aliphatic heterocycles. The maximum Gasteiger partial charge on any atom is 0.236 e. The van der Waals surface area contributed by atoms with Crippen molar-refractivity contribution in [3.63, 3.8) is 0 Å². The quantitative estimate of drug-likeness (QED) is 0.661. The maximum absolute atomic E-state index is 12.0. The van der Waals surface area contributed by atoms with Crippen LogP contribution in [0.5, 0.6) is 0 Å². The molecule has 1 amide bonds. The van der Waals surface area contributed by atoms with Crippen LogP contribution in [0.15, 0.2) is 33.4 Å². The SMILES string of the molecule is O=C(CSc1nncs1)Nc1nc(-c2ccc3c(c2)CCCC3)cs1. The van der Waals surface area contributed by atoms with E-state index in [1.165, 1.54) is 64.8 Å². The number of anilines is 1. The second-order valence-electron chi connectivity index (χ2n) is 5.77. The van der Waals surface area contributed by atoms with E-state index < -0.39 is 0 Å². The summed E-state index contributed by atoms with van der Waals surface area (Å²) in [5, 5.41) is 13.2. The van der Waals surface area contributed by atoms with Crippen molar-refractivity contribution in [2.24, 2.45) is 0 Å². The van der Waals surface area contributed by atoms with Gasteiger partial charge in [-0.25, -0.2) is 4.98 Å². The predicted molar refractivity (Wildman–Crippen MR) is 103 cm³/mol. The zero-order chi connectivity index (χ0) is 17.1. The Morgan fingerprint density at radius 1 is 1.20 bits per heavy atom. The van der Waals surface area contributed by atoms with Gasteiger partial charge < -0.3 is 5.32 Å². The van der Waals surface area contributed by atoms with Gasteiger partial charge in [0.25, 0.3) is 0 Å².